The smallest absolute Gasteiger partial charge is 0.264 e. The largest absolute Gasteiger partial charge is 0.399 e. The summed E-state index contributed by atoms with van der Waals surface area (Å²) in [5.74, 6) is 0.129. The standard InChI is InChI=1S/C11H13N3O3S.C6H8N2O2S/c1-7-8(2)13-17-11(7)14-18(15,16)10-5-3-9(12)4-6-10;7-5-1-3-6(4-2-5)11(8,9)10/h3-6,14H,12H2,1-2H3;1-4H,7H2,(H2,8,9,10). The maximum absolute atomic E-state index is 12.0. The second kappa shape index (κ2) is 8.51. The van der Waals surface area contributed by atoms with Crippen LogP contribution in [0.5, 0.6) is 0 Å². The summed E-state index contributed by atoms with van der Waals surface area (Å²) < 4.78 is 52.7. The Bertz CT molecular complexity index is 1190. The Kier molecular flexibility index (Phi) is 6.51. The molecule has 7 N–H and O–H groups in total. The lowest BCUT2D eigenvalue weighted by Gasteiger charge is -2.05. The van der Waals surface area contributed by atoms with Crippen LogP contribution in [-0.4, -0.2) is 22.0 Å². The summed E-state index contributed by atoms with van der Waals surface area (Å²) in [6.45, 7) is 3.46. The Morgan fingerprint density at radius 1 is 0.828 bits per heavy atom. The van der Waals surface area contributed by atoms with Crippen molar-refractivity contribution in [3.05, 3.63) is 59.8 Å². The average Bonchev–Trinajstić information content (AvgIpc) is 2.94. The van der Waals surface area contributed by atoms with E-state index in [1.165, 1.54) is 48.5 Å². The highest BCUT2D eigenvalue weighted by molar-refractivity contribution is 7.92. The van der Waals surface area contributed by atoms with Gasteiger partial charge in [-0.05, 0) is 62.4 Å². The number of nitrogens with two attached hydrogens (primary N) is 3. The molecule has 0 aliphatic rings. The highest BCUT2D eigenvalue weighted by Crippen LogP contribution is 2.22. The molecule has 0 aliphatic carbocycles. The van der Waals surface area contributed by atoms with E-state index in [1.807, 2.05) is 0 Å². The van der Waals surface area contributed by atoms with Gasteiger partial charge in [-0.2, -0.15) is 0 Å². The van der Waals surface area contributed by atoms with Crippen molar-refractivity contribution in [2.45, 2.75) is 23.6 Å². The van der Waals surface area contributed by atoms with Crippen molar-refractivity contribution in [2.24, 2.45) is 5.14 Å². The molecule has 0 radical (unpaired) electrons. The normalized spacial score (nSPS) is 11.4. The van der Waals surface area contributed by atoms with Crippen LogP contribution in [-0.2, 0) is 20.0 Å². The maximum Gasteiger partial charge on any atom is 0.264 e. The Balaban J connectivity index is 0.000000234. The third-order valence-corrected chi connectivity index (χ3v) is 6.06. The van der Waals surface area contributed by atoms with Gasteiger partial charge in [0.2, 0.25) is 15.9 Å². The Hall–Kier alpha value is -3.09. The van der Waals surface area contributed by atoms with Crippen LogP contribution >= 0.6 is 0 Å². The Morgan fingerprint density at radius 3 is 1.66 bits per heavy atom. The zero-order valence-corrected chi connectivity index (χ0v) is 17.3. The summed E-state index contributed by atoms with van der Waals surface area (Å²) in [7, 11) is -7.25. The molecule has 1 aromatic heterocycles. The molecule has 156 valence electrons. The zero-order valence-electron chi connectivity index (χ0n) is 15.7. The molecular formula is C17H21N5O5S2. The van der Waals surface area contributed by atoms with Gasteiger partial charge in [0.25, 0.3) is 10.0 Å². The highest BCUT2D eigenvalue weighted by Gasteiger charge is 2.18. The van der Waals surface area contributed by atoms with E-state index < -0.39 is 20.0 Å². The quantitative estimate of drug-likeness (QED) is 0.441. The topological polar surface area (TPSA) is 184 Å². The van der Waals surface area contributed by atoms with E-state index in [0.717, 1.165) is 0 Å². The zero-order chi connectivity index (χ0) is 21.8. The van der Waals surface area contributed by atoms with Crippen molar-refractivity contribution < 1.29 is 21.4 Å². The molecule has 10 nitrogen and oxygen atoms in total. The van der Waals surface area contributed by atoms with E-state index in [9.17, 15) is 16.8 Å². The third kappa shape index (κ3) is 5.94. The number of aromatic nitrogens is 1. The lowest BCUT2D eigenvalue weighted by molar-refractivity contribution is 0.430. The SMILES string of the molecule is Cc1noc(NS(=O)(=O)c2ccc(N)cc2)c1C.Nc1ccc(S(N)(=O)=O)cc1. The molecule has 3 rings (SSSR count). The van der Waals surface area contributed by atoms with Crippen LogP contribution in [0.15, 0.2) is 62.8 Å². The fourth-order valence-electron chi connectivity index (χ4n) is 2.00. The summed E-state index contributed by atoms with van der Waals surface area (Å²) in [5, 5.41) is 8.52. The molecule has 0 bridgehead atoms. The van der Waals surface area contributed by atoms with E-state index in [0.29, 0.717) is 22.6 Å². The first kappa shape index (κ1) is 22.2. The molecule has 0 fully saturated rings. The number of hydrogen-bond donors (Lipinski definition) is 4. The van der Waals surface area contributed by atoms with Crippen molar-refractivity contribution in [3.8, 4) is 0 Å². The summed E-state index contributed by atoms with van der Waals surface area (Å²) in [4.78, 5) is 0.192. The lowest BCUT2D eigenvalue weighted by Crippen LogP contribution is -2.13. The van der Waals surface area contributed by atoms with E-state index in [4.69, 9.17) is 21.1 Å². The first-order chi connectivity index (χ1) is 13.4. The second-order valence-corrected chi connectivity index (χ2v) is 9.25. The van der Waals surface area contributed by atoms with Gasteiger partial charge in [-0.25, -0.2) is 26.7 Å². The van der Waals surface area contributed by atoms with Crippen molar-refractivity contribution in [1.82, 2.24) is 5.16 Å². The third-order valence-electron chi connectivity index (χ3n) is 3.78. The number of hydrogen-bond acceptors (Lipinski definition) is 8. The predicted octanol–water partition coefficient (Wildman–Crippen LogP) is 1.59. The first-order valence-corrected chi connectivity index (χ1v) is 11.1. The molecule has 12 heteroatoms. The van der Waals surface area contributed by atoms with E-state index in [-0.39, 0.29) is 15.7 Å². The number of nitrogens with zero attached hydrogens (tertiary/aromatic N) is 1. The van der Waals surface area contributed by atoms with Crippen LogP contribution in [0.1, 0.15) is 11.3 Å². The summed E-state index contributed by atoms with van der Waals surface area (Å²) in [5.41, 5.74) is 13.2. The van der Waals surface area contributed by atoms with Crippen molar-refractivity contribution in [1.29, 1.82) is 0 Å². The van der Waals surface area contributed by atoms with Gasteiger partial charge in [-0.15, -0.1) is 0 Å². The minimum absolute atomic E-state index is 0.0756. The van der Waals surface area contributed by atoms with E-state index in [1.54, 1.807) is 13.8 Å². The van der Waals surface area contributed by atoms with Crippen molar-refractivity contribution in [3.63, 3.8) is 0 Å². The van der Waals surface area contributed by atoms with E-state index in [2.05, 4.69) is 9.88 Å². The van der Waals surface area contributed by atoms with Crippen LogP contribution < -0.4 is 21.3 Å². The monoisotopic (exact) mass is 439 g/mol. The van der Waals surface area contributed by atoms with Gasteiger partial charge in [-0.1, -0.05) is 5.16 Å². The second-order valence-electron chi connectivity index (χ2n) is 6.01. The molecule has 0 atom stereocenters. The molecule has 29 heavy (non-hydrogen) atoms. The summed E-state index contributed by atoms with van der Waals surface area (Å²) >= 11 is 0. The number of primary sulfonamides is 1. The van der Waals surface area contributed by atoms with Crippen LogP contribution in [0.2, 0.25) is 0 Å². The Labute approximate surface area is 168 Å². The van der Waals surface area contributed by atoms with Crippen LogP contribution in [0.25, 0.3) is 0 Å². The number of benzene rings is 2. The molecule has 0 saturated heterocycles. The van der Waals surface area contributed by atoms with Gasteiger partial charge in [0.1, 0.15) is 0 Å². The summed E-state index contributed by atoms with van der Waals surface area (Å²) in [6.07, 6.45) is 0. The molecule has 0 unspecified atom stereocenters. The van der Waals surface area contributed by atoms with E-state index >= 15 is 0 Å². The van der Waals surface area contributed by atoms with Gasteiger partial charge in [0, 0.05) is 16.9 Å². The molecule has 0 saturated carbocycles. The highest BCUT2D eigenvalue weighted by atomic mass is 32.2. The van der Waals surface area contributed by atoms with Crippen LogP contribution in [0.3, 0.4) is 0 Å². The van der Waals surface area contributed by atoms with Crippen LogP contribution in [0, 0.1) is 13.8 Å². The fourth-order valence-corrected chi connectivity index (χ4v) is 3.56. The minimum Gasteiger partial charge on any atom is -0.399 e. The van der Waals surface area contributed by atoms with Crippen LogP contribution in [0.4, 0.5) is 17.3 Å². The van der Waals surface area contributed by atoms with Crippen molar-refractivity contribution >= 4 is 37.3 Å². The first-order valence-electron chi connectivity index (χ1n) is 8.10. The number of nitrogen functional groups attached to an aromatic ring is 2. The molecule has 0 aliphatic heterocycles. The van der Waals surface area contributed by atoms with Gasteiger partial charge < -0.3 is 16.0 Å². The number of rotatable bonds is 4. The maximum atomic E-state index is 12.0. The van der Waals surface area contributed by atoms with Gasteiger partial charge in [0.15, 0.2) is 0 Å². The van der Waals surface area contributed by atoms with Crippen molar-refractivity contribution in [2.75, 3.05) is 16.2 Å². The predicted molar refractivity (Wildman–Crippen MR) is 110 cm³/mol. The number of anilines is 3. The van der Waals surface area contributed by atoms with Gasteiger partial charge in [0.05, 0.1) is 15.5 Å². The average molecular weight is 440 g/mol. The Morgan fingerprint density at radius 2 is 1.28 bits per heavy atom. The molecule has 1 heterocycles. The molecule has 3 aromatic rings. The number of sulfonamides is 2. The van der Waals surface area contributed by atoms with Gasteiger partial charge in [-0.3, -0.25) is 0 Å². The lowest BCUT2D eigenvalue weighted by atomic mass is 10.3. The number of nitrogens with one attached hydrogen (secondary N) is 1. The van der Waals surface area contributed by atoms with Gasteiger partial charge >= 0.3 is 0 Å². The number of aryl methyl sites for hydroxylation is 1. The minimum atomic E-state index is -3.68. The summed E-state index contributed by atoms with van der Waals surface area (Å²) in [6, 6.07) is 11.6. The molecule has 2 aromatic carbocycles. The fraction of sp³-hybridized carbons (Fsp3) is 0.118. The molecule has 0 spiro atoms. The molecular weight excluding hydrogens is 418 g/mol. The molecule has 0 amide bonds.